The van der Waals surface area contributed by atoms with E-state index in [2.05, 4.69) is 17.1 Å². The number of quaternary nitrogens is 1. The summed E-state index contributed by atoms with van der Waals surface area (Å²) in [5.74, 6) is 0.978. The van der Waals surface area contributed by atoms with Gasteiger partial charge in [0.2, 0.25) is 0 Å². The molecule has 0 unspecified atom stereocenters. The van der Waals surface area contributed by atoms with E-state index in [1.807, 2.05) is 23.1 Å². The smallest absolute Gasteiger partial charge is 0.255 e. The first kappa shape index (κ1) is 15.5. The number of pyridine rings is 1. The van der Waals surface area contributed by atoms with Crippen molar-refractivity contribution >= 4 is 5.91 Å². The van der Waals surface area contributed by atoms with Crippen LogP contribution in [0.4, 0.5) is 0 Å². The lowest BCUT2D eigenvalue weighted by Gasteiger charge is -2.32. The van der Waals surface area contributed by atoms with Gasteiger partial charge in [0.15, 0.2) is 0 Å². The zero-order valence-electron chi connectivity index (χ0n) is 13.4. The van der Waals surface area contributed by atoms with Crippen LogP contribution >= 0.6 is 0 Å². The van der Waals surface area contributed by atoms with Crippen LogP contribution in [0.15, 0.2) is 48.8 Å². The number of carbonyl (C=O) groups excluding carboxylic acids is 1. The Labute approximate surface area is 136 Å². The van der Waals surface area contributed by atoms with E-state index in [0.29, 0.717) is 5.56 Å². The van der Waals surface area contributed by atoms with E-state index in [1.165, 1.54) is 10.5 Å². The average molecular weight is 312 g/mol. The van der Waals surface area contributed by atoms with Crippen LogP contribution in [0.5, 0.6) is 5.75 Å². The molecule has 3 rings (SSSR count). The predicted octanol–water partition coefficient (Wildman–Crippen LogP) is 0.631. The molecule has 5 heteroatoms. The van der Waals surface area contributed by atoms with Gasteiger partial charge in [-0.15, -0.1) is 0 Å². The minimum absolute atomic E-state index is 0.0820. The molecule has 1 aromatic carbocycles. The van der Waals surface area contributed by atoms with Gasteiger partial charge >= 0.3 is 0 Å². The van der Waals surface area contributed by atoms with Gasteiger partial charge in [0.25, 0.3) is 5.91 Å². The summed E-state index contributed by atoms with van der Waals surface area (Å²) in [6.07, 6.45) is 3.32. The van der Waals surface area contributed by atoms with Crippen molar-refractivity contribution in [2.24, 2.45) is 0 Å². The number of methoxy groups -OCH3 is 1. The van der Waals surface area contributed by atoms with Gasteiger partial charge < -0.3 is 14.5 Å². The first-order valence-corrected chi connectivity index (χ1v) is 7.92. The summed E-state index contributed by atoms with van der Waals surface area (Å²) < 4.78 is 5.27. The Hall–Kier alpha value is -2.40. The van der Waals surface area contributed by atoms with Gasteiger partial charge in [-0.3, -0.25) is 9.78 Å². The third kappa shape index (κ3) is 3.87. The minimum atomic E-state index is 0.0820. The number of ether oxygens (including phenoxy) is 1. The number of rotatable bonds is 4. The third-order valence-corrected chi connectivity index (χ3v) is 4.25. The number of hydrogen-bond acceptors (Lipinski definition) is 3. The highest BCUT2D eigenvalue weighted by molar-refractivity contribution is 5.93. The summed E-state index contributed by atoms with van der Waals surface area (Å²) in [4.78, 5) is 19.8. The van der Waals surface area contributed by atoms with Gasteiger partial charge in [-0.2, -0.15) is 0 Å². The van der Waals surface area contributed by atoms with Crippen LogP contribution in [0.1, 0.15) is 15.9 Å². The molecule has 0 spiro atoms. The second kappa shape index (κ2) is 7.24. The SMILES string of the molecule is COc1cccc(C[NH+]2CCN(C(=O)c3cccnc3)CC2)c1. The average Bonchev–Trinajstić information content (AvgIpc) is 2.63. The first-order valence-electron chi connectivity index (χ1n) is 7.92. The number of aromatic nitrogens is 1. The standard InChI is InChI=1S/C18H21N3O2/c1-23-17-6-2-4-15(12-17)14-20-8-10-21(11-9-20)18(22)16-5-3-7-19-13-16/h2-7,12-13H,8-11,14H2,1H3/p+1. The van der Waals surface area contributed by atoms with E-state index in [1.54, 1.807) is 25.6 Å². The molecule has 0 saturated carbocycles. The van der Waals surface area contributed by atoms with Crippen molar-refractivity contribution in [2.45, 2.75) is 6.54 Å². The molecular formula is C18H22N3O2+. The molecule has 1 saturated heterocycles. The number of carbonyl (C=O) groups is 1. The molecule has 5 nitrogen and oxygen atoms in total. The highest BCUT2D eigenvalue weighted by atomic mass is 16.5. The lowest BCUT2D eigenvalue weighted by Crippen LogP contribution is -3.13. The van der Waals surface area contributed by atoms with Crippen molar-refractivity contribution in [3.8, 4) is 5.75 Å². The molecule has 2 heterocycles. The zero-order valence-corrected chi connectivity index (χ0v) is 13.4. The van der Waals surface area contributed by atoms with Gasteiger partial charge in [-0.05, 0) is 24.3 Å². The van der Waals surface area contributed by atoms with Crippen molar-refractivity contribution in [3.63, 3.8) is 0 Å². The molecule has 1 aliphatic heterocycles. The van der Waals surface area contributed by atoms with E-state index in [4.69, 9.17) is 4.74 Å². The van der Waals surface area contributed by atoms with E-state index in [9.17, 15) is 4.79 Å². The van der Waals surface area contributed by atoms with Crippen LogP contribution < -0.4 is 9.64 Å². The summed E-state index contributed by atoms with van der Waals surface area (Å²) in [6, 6.07) is 11.8. The molecule has 1 aromatic heterocycles. The molecule has 0 aliphatic carbocycles. The van der Waals surface area contributed by atoms with Crippen molar-refractivity contribution in [3.05, 3.63) is 59.9 Å². The first-order chi connectivity index (χ1) is 11.3. The van der Waals surface area contributed by atoms with E-state index < -0.39 is 0 Å². The lowest BCUT2D eigenvalue weighted by molar-refractivity contribution is -0.917. The summed E-state index contributed by atoms with van der Waals surface area (Å²) in [5.41, 5.74) is 1.94. The molecule has 0 atom stereocenters. The highest BCUT2D eigenvalue weighted by Crippen LogP contribution is 2.11. The summed E-state index contributed by atoms with van der Waals surface area (Å²) >= 11 is 0. The van der Waals surface area contributed by atoms with Gasteiger partial charge in [0.05, 0.1) is 38.9 Å². The second-order valence-corrected chi connectivity index (χ2v) is 5.81. The Morgan fingerprint density at radius 3 is 2.78 bits per heavy atom. The summed E-state index contributed by atoms with van der Waals surface area (Å²) in [5, 5.41) is 0. The fourth-order valence-corrected chi connectivity index (χ4v) is 2.95. The summed E-state index contributed by atoms with van der Waals surface area (Å²) in [6.45, 7) is 4.46. The van der Waals surface area contributed by atoms with E-state index in [-0.39, 0.29) is 5.91 Å². The zero-order chi connectivity index (χ0) is 16.1. The van der Waals surface area contributed by atoms with Crippen LogP contribution in [0.2, 0.25) is 0 Å². The molecule has 2 aromatic rings. The number of nitrogens with one attached hydrogen (secondary N) is 1. The van der Waals surface area contributed by atoms with Crippen molar-refractivity contribution in [1.29, 1.82) is 0 Å². The van der Waals surface area contributed by atoms with Gasteiger partial charge in [-0.1, -0.05) is 12.1 Å². The lowest BCUT2D eigenvalue weighted by atomic mass is 10.1. The van der Waals surface area contributed by atoms with Crippen LogP contribution in [0.25, 0.3) is 0 Å². The molecule has 1 aliphatic rings. The van der Waals surface area contributed by atoms with Crippen molar-refractivity contribution < 1.29 is 14.4 Å². The maximum absolute atomic E-state index is 12.4. The maximum atomic E-state index is 12.4. The predicted molar refractivity (Wildman–Crippen MR) is 87.5 cm³/mol. The quantitative estimate of drug-likeness (QED) is 0.901. The van der Waals surface area contributed by atoms with Gasteiger partial charge in [0.1, 0.15) is 12.3 Å². The normalized spacial score (nSPS) is 15.4. The number of nitrogens with zero attached hydrogens (tertiary/aromatic N) is 2. The number of amides is 1. The molecule has 23 heavy (non-hydrogen) atoms. The monoisotopic (exact) mass is 312 g/mol. The van der Waals surface area contributed by atoms with Gasteiger partial charge in [-0.25, -0.2) is 0 Å². The number of piperazine rings is 1. The van der Waals surface area contributed by atoms with Crippen LogP contribution in [-0.4, -0.2) is 49.1 Å². The molecule has 0 radical (unpaired) electrons. The fourth-order valence-electron chi connectivity index (χ4n) is 2.95. The highest BCUT2D eigenvalue weighted by Gasteiger charge is 2.24. The van der Waals surface area contributed by atoms with Gasteiger partial charge in [0, 0.05) is 18.0 Å². The Bertz CT molecular complexity index is 652. The van der Waals surface area contributed by atoms with Crippen molar-refractivity contribution in [2.75, 3.05) is 33.3 Å². The molecule has 0 bridgehead atoms. The molecule has 1 N–H and O–H groups in total. The van der Waals surface area contributed by atoms with E-state index >= 15 is 0 Å². The Morgan fingerprint density at radius 1 is 1.26 bits per heavy atom. The fraction of sp³-hybridized carbons (Fsp3) is 0.333. The Balaban J connectivity index is 1.55. The third-order valence-electron chi connectivity index (χ3n) is 4.25. The van der Waals surface area contributed by atoms with Crippen molar-refractivity contribution in [1.82, 2.24) is 9.88 Å². The topological polar surface area (TPSA) is 46.9 Å². The second-order valence-electron chi connectivity index (χ2n) is 5.81. The Kier molecular flexibility index (Phi) is 4.88. The molecular weight excluding hydrogens is 290 g/mol. The number of benzene rings is 1. The summed E-state index contributed by atoms with van der Waals surface area (Å²) in [7, 11) is 1.69. The minimum Gasteiger partial charge on any atom is -0.497 e. The van der Waals surface area contributed by atoms with E-state index in [0.717, 1.165) is 38.5 Å². The molecule has 1 fully saturated rings. The number of hydrogen-bond donors (Lipinski definition) is 1. The molecule has 1 amide bonds. The van der Waals surface area contributed by atoms with Crippen LogP contribution in [-0.2, 0) is 6.54 Å². The maximum Gasteiger partial charge on any atom is 0.255 e. The van der Waals surface area contributed by atoms with Crippen LogP contribution in [0, 0.1) is 0 Å². The molecule has 120 valence electrons. The Morgan fingerprint density at radius 2 is 2.09 bits per heavy atom. The van der Waals surface area contributed by atoms with Crippen LogP contribution in [0.3, 0.4) is 0 Å². The largest absolute Gasteiger partial charge is 0.497 e.